The predicted octanol–water partition coefficient (Wildman–Crippen LogP) is 4.00. The fourth-order valence-electron chi connectivity index (χ4n) is 2.87. The monoisotopic (exact) mass is 472 g/mol. The molecule has 0 saturated carbocycles. The Bertz CT molecular complexity index is 1200. The number of thiocarbonyl (C=S) groups is 1. The molecule has 0 spiro atoms. The SMILES string of the molecule is CCN(C(=O)O)C(=S)Nc1ccc(Oc2ccc(F)c(NC(=O)c3cc(C)nn3C)c2)cn1. The van der Waals surface area contributed by atoms with E-state index in [0.29, 0.717) is 17.3 Å². The van der Waals surface area contributed by atoms with Gasteiger partial charge in [-0.1, -0.05) is 0 Å². The Kier molecular flexibility index (Phi) is 7.18. The number of aromatic nitrogens is 3. The van der Waals surface area contributed by atoms with Crippen molar-refractivity contribution in [3.8, 4) is 11.5 Å². The maximum atomic E-state index is 14.2. The lowest BCUT2D eigenvalue weighted by molar-refractivity contribution is 0.101. The highest BCUT2D eigenvalue weighted by atomic mass is 32.1. The maximum absolute atomic E-state index is 14.2. The molecule has 33 heavy (non-hydrogen) atoms. The Morgan fingerprint density at radius 2 is 1.94 bits per heavy atom. The third-order valence-corrected chi connectivity index (χ3v) is 4.74. The van der Waals surface area contributed by atoms with Crippen molar-refractivity contribution in [3.63, 3.8) is 0 Å². The number of ether oxygens (including phenoxy) is 1. The number of anilines is 2. The maximum Gasteiger partial charge on any atom is 0.413 e. The summed E-state index contributed by atoms with van der Waals surface area (Å²) in [6, 6.07) is 8.66. The van der Waals surface area contributed by atoms with Gasteiger partial charge in [0.1, 0.15) is 28.8 Å². The van der Waals surface area contributed by atoms with Crippen LogP contribution in [0.5, 0.6) is 11.5 Å². The molecule has 0 aliphatic rings. The highest BCUT2D eigenvalue weighted by Gasteiger charge is 2.16. The number of hydrogen-bond acceptors (Lipinski definition) is 6. The molecular weight excluding hydrogens is 451 g/mol. The van der Waals surface area contributed by atoms with E-state index in [0.717, 1.165) is 4.90 Å². The summed E-state index contributed by atoms with van der Waals surface area (Å²) in [5, 5.41) is 18.5. The predicted molar refractivity (Wildman–Crippen MR) is 123 cm³/mol. The fraction of sp³-hybridized carbons (Fsp3) is 0.190. The quantitative estimate of drug-likeness (QED) is 0.460. The van der Waals surface area contributed by atoms with E-state index in [1.807, 2.05) is 0 Å². The van der Waals surface area contributed by atoms with Gasteiger partial charge in [0.05, 0.1) is 17.6 Å². The number of hydrogen-bond donors (Lipinski definition) is 3. The fourth-order valence-corrected chi connectivity index (χ4v) is 3.18. The summed E-state index contributed by atoms with van der Waals surface area (Å²) in [5.41, 5.74) is 0.894. The molecule has 12 heteroatoms. The van der Waals surface area contributed by atoms with E-state index in [9.17, 15) is 14.0 Å². The van der Waals surface area contributed by atoms with Crippen LogP contribution in [0.2, 0.25) is 0 Å². The second-order valence-electron chi connectivity index (χ2n) is 6.83. The number of carbonyl (C=O) groups is 2. The molecule has 3 aromatic rings. The number of benzene rings is 1. The Balaban J connectivity index is 1.69. The average Bonchev–Trinajstić information content (AvgIpc) is 3.10. The van der Waals surface area contributed by atoms with Gasteiger partial charge in [-0.2, -0.15) is 5.10 Å². The number of halogens is 1. The molecule has 2 amide bonds. The first kappa shape index (κ1) is 23.6. The third-order valence-electron chi connectivity index (χ3n) is 4.42. The van der Waals surface area contributed by atoms with Crippen LogP contribution in [0, 0.1) is 12.7 Å². The molecule has 172 valence electrons. The van der Waals surface area contributed by atoms with Gasteiger partial charge in [-0.15, -0.1) is 0 Å². The van der Waals surface area contributed by atoms with E-state index in [1.54, 1.807) is 39.1 Å². The summed E-state index contributed by atoms with van der Waals surface area (Å²) in [4.78, 5) is 28.7. The number of carboxylic acid groups (broad SMARTS) is 1. The van der Waals surface area contributed by atoms with Crippen molar-refractivity contribution in [1.29, 1.82) is 0 Å². The largest absolute Gasteiger partial charge is 0.465 e. The lowest BCUT2D eigenvalue weighted by Gasteiger charge is -2.18. The van der Waals surface area contributed by atoms with Gasteiger partial charge in [0.25, 0.3) is 5.91 Å². The summed E-state index contributed by atoms with van der Waals surface area (Å²) in [6.07, 6.45) is 0.217. The molecule has 0 bridgehead atoms. The van der Waals surface area contributed by atoms with Gasteiger partial charge >= 0.3 is 6.09 Å². The molecule has 0 fully saturated rings. The van der Waals surface area contributed by atoms with Crippen LogP contribution in [0.1, 0.15) is 23.1 Å². The zero-order chi connectivity index (χ0) is 24.1. The first-order valence-electron chi connectivity index (χ1n) is 9.74. The van der Waals surface area contributed by atoms with Crippen molar-refractivity contribution in [1.82, 2.24) is 19.7 Å². The van der Waals surface area contributed by atoms with Crippen LogP contribution < -0.4 is 15.4 Å². The van der Waals surface area contributed by atoms with Crippen molar-refractivity contribution >= 4 is 40.8 Å². The number of nitrogens with zero attached hydrogens (tertiary/aromatic N) is 4. The normalized spacial score (nSPS) is 10.4. The lowest BCUT2D eigenvalue weighted by atomic mass is 10.2. The highest BCUT2D eigenvalue weighted by Crippen LogP contribution is 2.27. The summed E-state index contributed by atoms with van der Waals surface area (Å²) in [5.74, 6) is -0.202. The van der Waals surface area contributed by atoms with Gasteiger partial charge in [0, 0.05) is 19.7 Å². The third kappa shape index (κ3) is 5.80. The minimum absolute atomic E-state index is 0.00583. The van der Waals surface area contributed by atoms with Crippen LogP contribution in [0.15, 0.2) is 42.6 Å². The van der Waals surface area contributed by atoms with E-state index in [1.165, 1.54) is 29.1 Å². The number of nitrogens with one attached hydrogen (secondary N) is 2. The Morgan fingerprint density at radius 3 is 2.52 bits per heavy atom. The van der Waals surface area contributed by atoms with E-state index in [2.05, 4.69) is 20.7 Å². The Hall–Kier alpha value is -4.06. The smallest absolute Gasteiger partial charge is 0.413 e. The summed E-state index contributed by atoms with van der Waals surface area (Å²) >= 11 is 5.06. The van der Waals surface area contributed by atoms with Gasteiger partial charge in [-0.05, 0) is 56.4 Å². The van der Waals surface area contributed by atoms with Gasteiger partial charge in [0.15, 0.2) is 5.11 Å². The molecule has 0 aliphatic heterocycles. The van der Waals surface area contributed by atoms with Crippen LogP contribution in [0.4, 0.5) is 20.7 Å². The van der Waals surface area contributed by atoms with Crippen molar-refractivity contribution in [2.45, 2.75) is 13.8 Å². The number of carbonyl (C=O) groups excluding carboxylic acids is 1. The second kappa shape index (κ2) is 10.0. The van der Waals surface area contributed by atoms with Gasteiger partial charge in [-0.3, -0.25) is 14.4 Å². The molecule has 0 atom stereocenters. The first-order chi connectivity index (χ1) is 15.7. The molecule has 3 rings (SSSR count). The van der Waals surface area contributed by atoms with E-state index < -0.39 is 17.8 Å². The van der Waals surface area contributed by atoms with Gasteiger partial charge in [-0.25, -0.2) is 14.2 Å². The second-order valence-corrected chi connectivity index (χ2v) is 7.22. The lowest BCUT2D eigenvalue weighted by Crippen LogP contribution is -2.38. The van der Waals surface area contributed by atoms with E-state index in [4.69, 9.17) is 22.1 Å². The molecule has 2 heterocycles. The van der Waals surface area contributed by atoms with E-state index >= 15 is 0 Å². The first-order valence-corrected chi connectivity index (χ1v) is 10.2. The minimum Gasteiger partial charge on any atom is -0.465 e. The van der Waals surface area contributed by atoms with Crippen molar-refractivity contribution < 1.29 is 23.8 Å². The van der Waals surface area contributed by atoms with Crippen molar-refractivity contribution in [3.05, 3.63) is 59.8 Å². The zero-order valence-corrected chi connectivity index (χ0v) is 18.8. The minimum atomic E-state index is -1.17. The van der Waals surface area contributed by atoms with Crippen LogP contribution in [-0.2, 0) is 7.05 Å². The standard InChI is InChI=1S/C21H21FN6O4S/c1-4-28(21(30)31)20(33)25-18-8-6-14(11-23-18)32-13-5-7-15(22)16(10-13)24-19(29)17-9-12(2)26-27(17)3/h5-11H,4H2,1-3H3,(H,24,29)(H,30,31)(H,23,25,33). The van der Waals surface area contributed by atoms with Crippen molar-refractivity contribution in [2.24, 2.45) is 7.05 Å². The molecule has 0 saturated heterocycles. The molecule has 3 N–H and O–H groups in total. The highest BCUT2D eigenvalue weighted by molar-refractivity contribution is 7.80. The average molecular weight is 473 g/mol. The number of rotatable bonds is 6. The summed E-state index contributed by atoms with van der Waals surface area (Å²) in [7, 11) is 1.62. The molecular formula is C21H21FN6O4S. The number of amides is 2. The number of aryl methyl sites for hydroxylation is 2. The summed E-state index contributed by atoms with van der Waals surface area (Å²) < 4.78 is 21.3. The van der Waals surface area contributed by atoms with E-state index in [-0.39, 0.29) is 28.8 Å². The number of pyridine rings is 1. The van der Waals surface area contributed by atoms with Crippen LogP contribution in [0.3, 0.4) is 0 Å². The van der Waals surface area contributed by atoms with Gasteiger partial charge < -0.3 is 20.5 Å². The summed E-state index contributed by atoms with van der Waals surface area (Å²) in [6.45, 7) is 3.59. The molecule has 0 aliphatic carbocycles. The Labute approximate surface area is 194 Å². The molecule has 0 unspecified atom stereocenters. The molecule has 1 aromatic carbocycles. The Morgan fingerprint density at radius 1 is 1.21 bits per heavy atom. The topological polar surface area (TPSA) is 122 Å². The molecule has 0 radical (unpaired) electrons. The molecule has 10 nitrogen and oxygen atoms in total. The van der Waals surface area contributed by atoms with Crippen molar-refractivity contribution in [2.75, 3.05) is 17.2 Å². The van der Waals surface area contributed by atoms with Crippen LogP contribution in [-0.4, -0.2) is 48.4 Å². The van der Waals surface area contributed by atoms with Gasteiger partial charge in [0.2, 0.25) is 0 Å². The van der Waals surface area contributed by atoms with Crippen LogP contribution in [0.25, 0.3) is 0 Å². The van der Waals surface area contributed by atoms with Crippen LogP contribution >= 0.6 is 12.2 Å². The molecule has 2 aromatic heterocycles. The zero-order valence-electron chi connectivity index (χ0n) is 18.0.